The molecule has 1 heterocycles. The van der Waals surface area contributed by atoms with Crippen molar-refractivity contribution in [1.82, 2.24) is 10.2 Å². The van der Waals surface area contributed by atoms with Crippen molar-refractivity contribution >= 4 is 12.0 Å². The predicted octanol–water partition coefficient (Wildman–Crippen LogP) is 2.18. The van der Waals surface area contributed by atoms with Crippen molar-refractivity contribution in [3.63, 3.8) is 0 Å². The lowest BCUT2D eigenvalue weighted by Gasteiger charge is -2.33. The van der Waals surface area contributed by atoms with Crippen LogP contribution in [-0.2, 0) is 4.74 Å². The Morgan fingerprint density at radius 2 is 2.29 bits per heavy atom. The van der Waals surface area contributed by atoms with Crippen molar-refractivity contribution in [2.24, 2.45) is 0 Å². The van der Waals surface area contributed by atoms with Gasteiger partial charge in [0.2, 0.25) is 0 Å². The Labute approximate surface area is 123 Å². The van der Waals surface area contributed by atoms with E-state index in [9.17, 15) is 14.0 Å². The molecule has 1 aliphatic rings. The second-order valence-electron chi connectivity index (χ2n) is 4.97. The molecule has 2 rings (SSSR count). The minimum atomic E-state index is -0.470. The van der Waals surface area contributed by atoms with E-state index in [4.69, 9.17) is 4.74 Å². The third-order valence-corrected chi connectivity index (χ3v) is 3.38. The summed E-state index contributed by atoms with van der Waals surface area (Å²) in [5.74, 6) is -0.649. The Morgan fingerprint density at radius 1 is 1.48 bits per heavy atom. The molecule has 0 aromatic heterocycles. The van der Waals surface area contributed by atoms with Crippen LogP contribution < -0.4 is 5.32 Å². The van der Waals surface area contributed by atoms with E-state index in [0.29, 0.717) is 25.3 Å². The van der Waals surface area contributed by atoms with Crippen LogP contribution in [0.3, 0.4) is 0 Å². The fraction of sp³-hybridized carbons (Fsp3) is 0.467. The average Bonchev–Trinajstić information content (AvgIpc) is 2.47. The number of rotatable bonds is 3. The Morgan fingerprint density at radius 3 is 3.00 bits per heavy atom. The maximum atomic E-state index is 13.2. The largest absolute Gasteiger partial charge is 0.450 e. The topological polar surface area (TPSA) is 58.6 Å². The molecular weight excluding hydrogens is 275 g/mol. The van der Waals surface area contributed by atoms with Crippen molar-refractivity contribution in [3.05, 3.63) is 35.6 Å². The number of nitrogens with zero attached hydrogens (tertiary/aromatic N) is 1. The SMILES string of the molecule is CCOC(=O)NC1CCCN(C(=O)c2cccc(F)c2)C1. The third kappa shape index (κ3) is 4.18. The summed E-state index contributed by atoms with van der Waals surface area (Å²) in [4.78, 5) is 25.4. The first-order valence-corrected chi connectivity index (χ1v) is 7.08. The van der Waals surface area contributed by atoms with Gasteiger partial charge in [0.25, 0.3) is 5.91 Å². The summed E-state index contributed by atoms with van der Waals surface area (Å²) in [6, 6.07) is 5.51. The first-order valence-electron chi connectivity index (χ1n) is 7.08. The fourth-order valence-electron chi connectivity index (χ4n) is 2.42. The van der Waals surface area contributed by atoms with Gasteiger partial charge in [-0.05, 0) is 38.0 Å². The lowest BCUT2D eigenvalue weighted by atomic mass is 10.0. The Balaban J connectivity index is 1.97. The number of piperidine rings is 1. The highest BCUT2D eigenvalue weighted by Gasteiger charge is 2.25. The number of benzene rings is 1. The van der Waals surface area contributed by atoms with E-state index in [1.807, 2.05) is 0 Å². The van der Waals surface area contributed by atoms with Crippen LogP contribution in [0.1, 0.15) is 30.1 Å². The van der Waals surface area contributed by atoms with E-state index < -0.39 is 11.9 Å². The summed E-state index contributed by atoms with van der Waals surface area (Å²) in [6.07, 6.45) is 1.12. The normalized spacial score (nSPS) is 18.2. The first-order chi connectivity index (χ1) is 10.1. The smallest absolute Gasteiger partial charge is 0.407 e. The van der Waals surface area contributed by atoms with E-state index in [1.54, 1.807) is 17.9 Å². The van der Waals surface area contributed by atoms with Gasteiger partial charge < -0.3 is 15.0 Å². The molecular formula is C15H19FN2O3. The minimum Gasteiger partial charge on any atom is -0.450 e. The zero-order chi connectivity index (χ0) is 15.2. The van der Waals surface area contributed by atoms with E-state index in [1.165, 1.54) is 18.2 Å². The molecule has 114 valence electrons. The van der Waals surface area contributed by atoms with Crippen LogP contribution in [-0.4, -0.2) is 42.6 Å². The molecule has 1 unspecified atom stereocenters. The molecule has 0 spiro atoms. The quantitative estimate of drug-likeness (QED) is 0.929. The van der Waals surface area contributed by atoms with Crippen molar-refractivity contribution < 1.29 is 18.7 Å². The fourth-order valence-corrected chi connectivity index (χ4v) is 2.42. The number of amides is 2. The highest BCUT2D eigenvalue weighted by Crippen LogP contribution is 2.14. The highest BCUT2D eigenvalue weighted by atomic mass is 19.1. The number of carbonyl (C=O) groups is 2. The van der Waals surface area contributed by atoms with Gasteiger partial charge in [0.1, 0.15) is 5.82 Å². The number of nitrogens with one attached hydrogen (secondary N) is 1. The van der Waals surface area contributed by atoms with Crippen LogP contribution in [0.5, 0.6) is 0 Å². The molecule has 5 nitrogen and oxygen atoms in total. The molecule has 0 saturated carbocycles. The van der Waals surface area contributed by atoms with E-state index >= 15 is 0 Å². The third-order valence-electron chi connectivity index (χ3n) is 3.38. The van der Waals surface area contributed by atoms with Crippen LogP contribution >= 0.6 is 0 Å². The lowest BCUT2D eigenvalue weighted by molar-refractivity contribution is 0.0685. The second kappa shape index (κ2) is 7.06. The van der Waals surface area contributed by atoms with Gasteiger partial charge in [-0.15, -0.1) is 0 Å². The number of alkyl carbamates (subject to hydrolysis) is 1. The number of hydrogen-bond acceptors (Lipinski definition) is 3. The van der Waals surface area contributed by atoms with Gasteiger partial charge in [0.15, 0.2) is 0 Å². The van der Waals surface area contributed by atoms with Gasteiger partial charge in [0.05, 0.1) is 6.61 Å². The molecule has 1 N–H and O–H groups in total. The molecule has 21 heavy (non-hydrogen) atoms. The zero-order valence-electron chi connectivity index (χ0n) is 12.0. The summed E-state index contributed by atoms with van der Waals surface area (Å²) in [7, 11) is 0. The molecule has 0 aliphatic carbocycles. The number of hydrogen-bond donors (Lipinski definition) is 1. The molecule has 6 heteroatoms. The van der Waals surface area contributed by atoms with Gasteiger partial charge in [0, 0.05) is 24.7 Å². The minimum absolute atomic E-state index is 0.129. The Kier molecular flexibility index (Phi) is 5.14. The van der Waals surface area contributed by atoms with E-state index in [0.717, 1.165) is 12.8 Å². The van der Waals surface area contributed by atoms with Crippen molar-refractivity contribution in [2.45, 2.75) is 25.8 Å². The highest BCUT2D eigenvalue weighted by molar-refractivity contribution is 5.94. The Bertz CT molecular complexity index is 521. The molecule has 1 atom stereocenters. The summed E-state index contributed by atoms with van der Waals surface area (Å²) in [5.41, 5.74) is 0.326. The number of likely N-dealkylation sites (tertiary alicyclic amines) is 1. The Hall–Kier alpha value is -2.11. The van der Waals surface area contributed by atoms with Crippen molar-refractivity contribution in [3.8, 4) is 0 Å². The van der Waals surface area contributed by atoms with Crippen molar-refractivity contribution in [2.75, 3.05) is 19.7 Å². The molecule has 1 aromatic carbocycles. The number of halogens is 1. The van der Waals surface area contributed by atoms with Gasteiger partial charge in [-0.25, -0.2) is 9.18 Å². The lowest BCUT2D eigenvalue weighted by Crippen LogP contribution is -2.49. The molecule has 1 saturated heterocycles. The maximum absolute atomic E-state index is 13.2. The van der Waals surface area contributed by atoms with Crippen LogP contribution in [0.2, 0.25) is 0 Å². The predicted molar refractivity (Wildman–Crippen MR) is 75.5 cm³/mol. The van der Waals surface area contributed by atoms with Gasteiger partial charge in [-0.2, -0.15) is 0 Å². The van der Waals surface area contributed by atoms with E-state index in [-0.39, 0.29) is 11.9 Å². The molecule has 0 bridgehead atoms. The standard InChI is InChI=1S/C15H19FN2O3/c1-2-21-15(20)17-13-7-4-8-18(10-13)14(19)11-5-3-6-12(16)9-11/h3,5-6,9,13H,2,4,7-8,10H2,1H3,(H,17,20). The monoisotopic (exact) mass is 294 g/mol. The van der Waals surface area contributed by atoms with Crippen LogP contribution in [0.4, 0.5) is 9.18 Å². The molecule has 2 amide bonds. The molecule has 1 aliphatic heterocycles. The number of ether oxygens (including phenoxy) is 1. The summed E-state index contributed by atoms with van der Waals surface area (Å²) in [5, 5.41) is 2.74. The maximum Gasteiger partial charge on any atom is 0.407 e. The number of carbonyl (C=O) groups excluding carboxylic acids is 2. The van der Waals surface area contributed by atoms with Gasteiger partial charge in [-0.3, -0.25) is 4.79 Å². The molecule has 0 radical (unpaired) electrons. The summed E-state index contributed by atoms with van der Waals surface area (Å²) >= 11 is 0. The molecule has 1 fully saturated rings. The summed E-state index contributed by atoms with van der Waals surface area (Å²) in [6.45, 7) is 3.06. The van der Waals surface area contributed by atoms with Crippen LogP contribution in [0.25, 0.3) is 0 Å². The van der Waals surface area contributed by atoms with Gasteiger partial charge >= 0.3 is 6.09 Å². The van der Waals surface area contributed by atoms with E-state index in [2.05, 4.69) is 5.32 Å². The van der Waals surface area contributed by atoms with Crippen molar-refractivity contribution in [1.29, 1.82) is 0 Å². The van der Waals surface area contributed by atoms with Gasteiger partial charge in [-0.1, -0.05) is 6.07 Å². The zero-order valence-corrected chi connectivity index (χ0v) is 12.0. The average molecular weight is 294 g/mol. The van der Waals surface area contributed by atoms with Crippen LogP contribution in [0.15, 0.2) is 24.3 Å². The summed E-state index contributed by atoms with van der Waals surface area (Å²) < 4.78 is 18.0. The van der Waals surface area contributed by atoms with Crippen LogP contribution in [0, 0.1) is 5.82 Å². The molecule has 1 aromatic rings. The first kappa shape index (κ1) is 15.3. The second-order valence-corrected chi connectivity index (χ2v) is 4.97.